The van der Waals surface area contributed by atoms with Crippen molar-refractivity contribution in [3.63, 3.8) is 0 Å². The van der Waals surface area contributed by atoms with Crippen LogP contribution in [0.3, 0.4) is 0 Å². The van der Waals surface area contributed by atoms with Crippen LogP contribution in [0.5, 0.6) is 0 Å². The van der Waals surface area contributed by atoms with Crippen LogP contribution in [0, 0.1) is 11.8 Å². The molecule has 0 amide bonds. The zero-order valence-electron chi connectivity index (χ0n) is 6.85. The van der Waals surface area contributed by atoms with Crippen LogP contribution in [0.25, 0.3) is 0 Å². The van der Waals surface area contributed by atoms with E-state index < -0.39 is 0 Å². The monoisotopic (exact) mass is 274 g/mol. The summed E-state index contributed by atoms with van der Waals surface area (Å²) in [5.41, 5.74) is 0.932. The minimum Gasteiger partial charge on any atom is -0.178 e. The van der Waals surface area contributed by atoms with Gasteiger partial charge in [-0.2, -0.15) is 12.6 Å². The Bertz CT molecular complexity index is 331. The van der Waals surface area contributed by atoms with E-state index >= 15 is 0 Å². The highest BCUT2D eigenvalue weighted by Gasteiger charge is 1.93. The minimum atomic E-state index is 0.699. The molecule has 0 aromatic heterocycles. The summed E-state index contributed by atoms with van der Waals surface area (Å²) in [4.78, 5) is 0. The van der Waals surface area contributed by atoms with Crippen molar-refractivity contribution in [1.29, 1.82) is 0 Å². The molecule has 0 aliphatic heterocycles. The molecule has 0 aliphatic carbocycles. The summed E-state index contributed by atoms with van der Waals surface area (Å²) in [7, 11) is 0. The molecular weight excluding hydrogens is 268 g/mol. The maximum Gasteiger partial charge on any atom is 0.0429 e. The summed E-state index contributed by atoms with van der Waals surface area (Å²) >= 11 is 13.3. The molecule has 0 heterocycles. The van der Waals surface area contributed by atoms with Crippen molar-refractivity contribution >= 4 is 40.2 Å². The van der Waals surface area contributed by atoms with Gasteiger partial charge in [-0.25, -0.2) is 0 Å². The second-order valence-corrected chi connectivity index (χ2v) is 4.23. The molecule has 0 aliphatic rings. The van der Waals surface area contributed by atoms with Gasteiger partial charge in [-0.3, -0.25) is 0 Å². The average Bonchev–Trinajstić information content (AvgIpc) is 2.03. The van der Waals surface area contributed by atoms with Gasteiger partial charge < -0.3 is 0 Å². The van der Waals surface area contributed by atoms with Gasteiger partial charge in [0, 0.05) is 27.2 Å². The molecule has 0 atom stereocenters. The average molecular weight is 276 g/mol. The highest BCUT2D eigenvalue weighted by molar-refractivity contribution is 9.10. The Morgan fingerprint density at radius 3 is 2.77 bits per heavy atom. The lowest BCUT2D eigenvalue weighted by Crippen LogP contribution is -1.76. The van der Waals surface area contributed by atoms with Gasteiger partial charge in [0.2, 0.25) is 0 Å². The van der Waals surface area contributed by atoms with E-state index in [2.05, 4.69) is 40.4 Å². The molecule has 1 rings (SSSR count). The van der Waals surface area contributed by atoms with Crippen LogP contribution >= 0.6 is 40.2 Å². The number of hydrogen-bond donors (Lipinski definition) is 1. The quantitative estimate of drug-likeness (QED) is 0.585. The molecule has 0 fully saturated rings. The normalized spacial score (nSPS) is 9.15. The predicted molar refractivity (Wildman–Crippen MR) is 64.5 cm³/mol. The predicted octanol–water partition coefficient (Wildman–Crippen LogP) is 3.77. The molecule has 68 valence electrons. The molecule has 0 saturated heterocycles. The first-order valence-electron chi connectivity index (χ1n) is 3.78. The lowest BCUT2D eigenvalue weighted by Gasteiger charge is -1.94. The first-order valence-corrected chi connectivity index (χ1v) is 5.58. The summed E-state index contributed by atoms with van der Waals surface area (Å²) in [6, 6.07) is 5.63. The third kappa shape index (κ3) is 4.08. The summed E-state index contributed by atoms with van der Waals surface area (Å²) < 4.78 is 0.954. The molecule has 1 aromatic rings. The maximum atomic E-state index is 5.85. The van der Waals surface area contributed by atoms with Gasteiger partial charge >= 0.3 is 0 Å². The summed E-state index contributed by atoms with van der Waals surface area (Å²) in [5, 5.41) is 0.699. The van der Waals surface area contributed by atoms with Gasteiger partial charge in [-0.05, 0) is 18.2 Å². The van der Waals surface area contributed by atoms with Crippen LogP contribution in [-0.2, 0) is 0 Å². The lowest BCUT2D eigenvalue weighted by atomic mass is 10.2. The molecule has 0 spiro atoms. The van der Waals surface area contributed by atoms with Crippen molar-refractivity contribution in [1.82, 2.24) is 0 Å². The highest BCUT2D eigenvalue weighted by atomic mass is 79.9. The fourth-order valence-electron chi connectivity index (χ4n) is 0.846. The van der Waals surface area contributed by atoms with Crippen LogP contribution in [0.1, 0.15) is 12.0 Å². The molecule has 3 heteroatoms. The van der Waals surface area contributed by atoms with Crippen LogP contribution < -0.4 is 0 Å². The molecule has 0 bridgehead atoms. The van der Waals surface area contributed by atoms with E-state index in [-0.39, 0.29) is 0 Å². The number of hydrogen-bond acceptors (Lipinski definition) is 1. The summed E-state index contributed by atoms with van der Waals surface area (Å²) in [5.74, 6) is 6.80. The molecular formula is C10H8BrClS. The SMILES string of the molecule is SCCC#Cc1cc(Cl)cc(Br)c1. The number of halogens is 2. The first-order chi connectivity index (χ1) is 6.22. The fourth-order valence-corrected chi connectivity index (χ4v) is 1.82. The minimum absolute atomic E-state index is 0.699. The standard InChI is InChI=1S/C10H8BrClS/c11-9-5-8(3-1-2-4-13)6-10(12)7-9/h5-7,13H,2,4H2. The Labute approximate surface area is 97.2 Å². The smallest absolute Gasteiger partial charge is 0.0429 e. The van der Waals surface area contributed by atoms with E-state index in [1.807, 2.05) is 18.2 Å². The molecule has 0 saturated carbocycles. The fraction of sp³-hybridized carbons (Fsp3) is 0.200. The Balaban J connectivity index is 2.85. The van der Waals surface area contributed by atoms with Gasteiger partial charge in [-0.1, -0.05) is 39.4 Å². The van der Waals surface area contributed by atoms with E-state index in [0.29, 0.717) is 5.02 Å². The van der Waals surface area contributed by atoms with E-state index in [9.17, 15) is 0 Å². The Kier molecular flexibility index (Phi) is 4.72. The third-order valence-corrected chi connectivity index (χ3v) is 2.23. The second kappa shape index (κ2) is 5.59. The second-order valence-electron chi connectivity index (χ2n) is 2.43. The Morgan fingerprint density at radius 2 is 2.15 bits per heavy atom. The zero-order chi connectivity index (χ0) is 9.68. The van der Waals surface area contributed by atoms with E-state index in [0.717, 1.165) is 22.2 Å². The summed E-state index contributed by atoms with van der Waals surface area (Å²) in [6.07, 6.45) is 0.799. The largest absolute Gasteiger partial charge is 0.178 e. The van der Waals surface area contributed by atoms with Crippen molar-refractivity contribution in [2.24, 2.45) is 0 Å². The molecule has 1 aromatic carbocycles. The van der Waals surface area contributed by atoms with Gasteiger partial charge in [0.15, 0.2) is 0 Å². The van der Waals surface area contributed by atoms with Crippen molar-refractivity contribution in [2.45, 2.75) is 6.42 Å². The van der Waals surface area contributed by atoms with Crippen molar-refractivity contribution in [3.05, 3.63) is 33.3 Å². The molecule has 13 heavy (non-hydrogen) atoms. The maximum absolute atomic E-state index is 5.85. The molecule has 0 N–H and O–H groups in total. The van der Waals surface area contributed by atoms with Crippen molar-refractivity contribution in [2.75, 3.05) is 5.75 Å². The lowest BCUT2D eigenvalue weighted by molar-refractivity contribution is 1.31. The van der Waals surface area contributed by atoms with E-state index in [4.69, 9.17) is 11.6 Å². The van der Waals surface area contributed by atoms with Crippen molar-refractivity contribution in [3.8, 4) is 11.8 Å². The van der Waals surface area contributed by atoms with E-state index in [1.165, 1.54) is 0 Å². The number of thiol groups is 1. The first kappa shape index (κ1) is 11.0. The Morgan fingerprint density at radius 1 is 1.38 bits per heavy atom. The molecule has 0 unspecified atom stereocenters. The van der Waals surface area contributed by atoms with Gasteiger partial charge in [0.1, 0.15) is 0 Å². The zero-order valence-corrected chi connectivity index (χ0v) is 10.1. The van der Waals surface area contributed by atoms with Crippen LogP contribution in [0.15, 0.2) is 22.7 Å². The van der Waals surface area contributed by atoms with Gasteiger partial charge in [0.05, 0.1) is 0 Å². The highest BCUT2D eigenvalue weighted by Crippen LogP contribution is 2.18. The number of rotatable bonds is 1. The topological polar surface area (TPSA) is 0 Å². The third-order valence-electron chi connectivity index (χ3n) is 1.33. The van der Waals surface area contributed by atoms with Gasteiger partial charge in [-0.15, -0.1) is 0 Å². The van der Waals surface area contributed by atoms with Gasteiger partial charge in [0.25, 0.3) is 0 Å². The van der Waals surface area contributed by atoms with E-state index in [1.54, 1.807) is 0 Å². The Hall–Kier alpha value is -0.100. The van der Waals surface area contributed by atoms with Crippen LogP contribution in [0.4, 0.5) is 0 Å². The number of benzene rings is 1. The molecule has 0 radical (unpaired) electrons. The molecule has 0 nitrogen and oxygen atoms in total. The summed E-state index contributed by atoms with van der Waals surface area (Å²) in [6.45, 7) is 0. The van der Waals surface area contributed by atoms with Crippen molar-refractivity contribution < 1.29 is 0 Å². The van der Waals surface area contributed by atoms with Crippen LogP contribution in [-0.4, -0.2) is 5.75 Å². The van der Waals surface area contributed by atoms with Crippen LogP contribution in [0.2, 0.25) is 5.02 Å².